The molecule has 2 heterocycles. The van der Waals surface area contributed by atoms with Crippen LogP contribution in [0.3, 0.4) is 0 Å². The van der Waals surface area contributed by atoms with Crippen LogP contribution in [0.1, 0.15) is 18.2 Å². The van der Waals surface area contributed by atoms with Crippen molar-refractivity contribution in [2.75, 3.05) is 44.8 Å². The first kappa shape index (κ1) is 22.4. The number of nitrogens with zero attached hydrogens (tertiary/aromatic N) is 5. The maximum absolute atomic E-state index is 12.6. The van der Waals surface area contributed by atoms with Gasteiger partial charge in [0.05, 0.1) is 30.4 Å². The molecule has 1 fully saturated rings. The second-order valence-electron chi connectivity index (χ2n) is 7.91. The highest BCUT2D eigenvalue weighted by molar-refractivity contribution is 5.99. The number of benzene rings is 2. The molecule has 0 aliphatic carbocycles. The first-order chi connectivity index (χ1) is 16.1. The average Bonchev–Trinajstić information content (AvgIpc) is 3.26. The number of para-hydroxylation sites is 1. The third-order valence-corrected chi connectivity index (χ3v) is 5.86. The molecule has 0 unspecified atom stereocenters. The third-order valence-electron chi connectivity index (χ3n) is 5.86. The van der Waals surface area contributed by atoms with E-state index in [4.69, 9.17) is 9.57 Å². The summed E-state index contributed by atoms with van der Waals surface area (Å²) in [5.74, 6) is 0.779. The molecule has 0 spiro atoms. The van der Waals surface area contributed by atoms with E-state index < -0.39 is 0 Å². The van der Waals surface area contributed by atoms with Gasteiger partial charge in [0, 0.05) is 37.4 Å². The lowest BCUT2D eigenvalue weighted by Crippen LogP contribution is -2.49. The average molecular weight is 448 g/mol. The van der Waals surface area contributed by atoms with Crippen molar-refractivity contribution in [2.24, 2.45) is 5.16 Å². The van der Waals surface area contributed by atoms with E-state index in [0.717, 1.165) is 41.5 Å². The van der Waals surface area contributed by atoms with Crippen LogP contribution in [0, 0.1) is 6.92 Å². The third kappa shape index (κ3) is 5.16. The van der Waals surface area contributed by atoms with Crippen LogP contribution in [0.2, 0.25) is 0 Å². The Hall–Kier alpha value is -3.81. The van der Waals surface area contributed by atoms with E-state index in [2.05, 4.69) is 15.2 Å². The Bertz CT molecular complexity index is 1100. The summed E-state index contributed by atoms with van der Waals surface area (Å²) in [6.45, 7) is 6.63. The fourth-order valence-electron chi connectivity index (χ4n) is 3.93. The van der Waals surface area contributed by atoms with Crippen molar-refractivity contribution in [3.8, 4) is 11.4 Å². The Balaban J connectivity index is 1.28. The summed E-state index contributed by atoms with van der Waals surface area (Å²) in [4.78, 5) is 22.1. The quantitative estimate of drug-likeness (QED) is 0.411. The van der Waals surface area contributed by atoms with E-state index in [1.54, 1.807) is 13.3 Å². The van der Waals surface area contributed by atoms with Crippen LogP contribution in [0.4, 0.5) is 5.69 Å². The molecule has 1 saturated heterocycles. The first-order valence-corrected chi connectivity index (χ1v) is 11.0. The van der Waals surface area contributed by atoms with E-state index in [1.807, 2.05) is 78.0 Å². The van der Waals surface area contributed by atoms with Gasteiger partial charge >= 0.3 is 0 Å². The van der Waals surface area contributed by atoms with Gasteiger partial charge in [0.2, 0.25) is 0 Å². The van der Waals surface area contributed by atoms with Crippen LogP contribution in [0.25, 0.3) is 5.69 Å². The van der Waals surface area contributed by atoms with Gasteiger partial charge in [0.1, 0.15) is 5.75 Å². The summed E-state index contributed by atoms with van der Waals surface area (Å²) in [5.41, 5.74) is 4.66. The highest BCUT2D eigenvalue weighted by Gasteiger charge is 2.22. The molecule has 2 aromatic carbocycles. The summed E-state index contributed by atoms with van der Waals surface area (Å²) >= 11 is 0. The Kier molecular flexibility index (Phi) is 6.92. The van der Waals surface area contributed by atoms with Gasteiger partial charge in [-0.1, -0.05) is 23.4 Å². The number of piperazine rings is 1. The molecule has 0 saturated carbocycles. The minimum atomic E-state index is -0.0776. The number of rotatable bonds is 7. The van der Waals surface area contributed by atoms with Gasteiger partial charge in [0.15, 0.2) is 6.61 Å². The lowest BCUT2D eigenvalue weighted by Gasteiger charge is -2.36. The normalized spacial score (nSPS) is 14.3. The Morgan fingerprint density at radius 3 is 2.36 bits per heavy atom. The number of methoxy groups -OCH3 is 1. The smallest absolute Gasteiger partial charge is 0.263 e. The van der Waals surface area contributed by atoms with Gasteiger partial charge in [-0.2, -0.15) is 5.10 Å². The molecule has 1 aromatic heterocycles. The molecular formula is C25H29N5O3. The van der Waals surface area contributed by atoms with Crippen molar-refractivity contribution in [1.29, 1.82) is 0 Å². The number of anilines is 1. The van der Waals surface area contributed by atoms with Crippen LogP contribution < -0.4 is 9.64 Å². The van der Waals surface area contributed by atoms with Gasteiger partial charge in [0.25, 0.3) is 5.91 Å². The van der Waals surface area contributed by atoms with Crippen molar-refractivity contribution < 1.29 is 14.4 Å². The fourth-order valence-corrected chi connectivity index (χ4v) is 3.93. The number of carbonyl (C=O) groups is 1. The van der Waals surface area contributed by atoms with E-state index in [-0.39, 0.29) is 12.5 Å². The van der Waals surface area contributed by atoms with Crippen LogP contribution in [-0.2, 0) is 9.63 Å². The molecular weight excluding hydrogens is 418 g/mol. The topological polar surface area (TPSA) is 72.2 Å². The molecule has 0 atom stereocenters. The maximum atomic E-state index is 12.6. The molecule has 0 radical (unpaired) electrons. The fraction of sp³-hybridized carbons (Fsp3) is 0.320. The highest BCUT2D eigenvalue weighted by Crippen LogP contribution is 2.20. The summed E-state index contributed by atoms with van der Waals surface area (Å²) in [7, 11) is 1.66. The van der Waals surface area contributed by atoms with Crippen molar-refractivity contribution in [3.05, 3.63) is 72.1 Å². The molecule has 0 N–H and O–H groups in total. The van der Waals surface area contributed by atoms with E-state index in [9.17, 15) is 4.79 Å². The summed E-state index contributed by atoms with van der Waals surface area (Å²) in [6, 6.07) is 17.9. The maximum Gasteiger partial charge on any atom is 0.263 e. The second-order valence-corrected chi connectivity index (χ2v) is 7.91. The second kappa shape index (κ2) is 10.2. The van der Waals surface area contributed by atoms with Gasteiger partial charge < -0.3 is 19.4 Å². The number of hydrogen-bond donors (Lipinski definition) is 0. The zero-order valence-corrected chi connectivity index (χ0v) is 19.3. The molecule has 8 nitrogen and oxygen atoms in total. The van der Waals surface area contributed by atoms with Crippen LogP contribution in [0.15, 0.2) is 65.9 Å². The monoisotopic (exact) mass is 447 g/mol. The number of ether oxygens (including phenoxy) is 1. The number of aromatic nitrogens is 2. The number of hydrogen-bond acceptors (Lipinski definition) is 6. The molecule has 0 bridgehead atoms. The lowest BCUT2D eigenvalue weighted by molar-refractivity contribution is -0.136. The summed E-state index contributed by atoms with van der Waals surface area (Å²) in [5, 5.41) is 8.63. The molecule has 172 valence electrons. The molecule has 33 heavy (non-hydrogen) atoms. The zero-order chi connectivity index (χ0) is 23.2. The molecule has 8 heteroatoms. The number of amides is 1. The first-order valence-electron chi connectivity index (χ1n) is 11.0. The molecule has 1 amide bonds. The van der Waals surface area contributed by atoms with Crippen molar-refractivity contribution in [3.63, 3.8) is 0 Å². The van der Waals surface area contributed by atoms with E-state index in [0.29, 0.717) is 18.8 Å². The minimum Gasteiger partial charge on any atom is -0.497 e. The predicted molar refractivity (Wildman–Crippen MR) is 128 cm³/mol. The van der Waals surface area contributed by atoms with Gasteiger partial charge in [-0.25, -0.2) is 4.68 Å². The Labute approximate surface area is 194 Å². The molecule has 1 aliphatic heterocycles. The highest BCUT2D eigenvalue weighted by atomic mass is 16.6. The standard InChI is InChI=1S/C25H29N5O3/c1-19(24-17-26-30(20(24)2)22-7-5-4-6-8-22)27-33-18-25(31)29-15-13-28(14-16-29)21-9-11-23(32-3)12-10-21/h4-12,17H,13-16,18H2,1-3H3/b27-19+. The summed E-state index contributed by atoms with van der Waals surface area (Å²) in [6.07, 6.45) is 1.77. The minimum absolute atomic E-state index is 0.0577. The van der Waals surface area contributed by atoms with Crippen LogP contribution in [0.5, 0.6) is 5.75 Å². The zero-order valence-electron chi connectivity index (χ0n) is 19.3. The van der Waals surface area contributed by atoms with Crippen LogP contribution >= 0.6 is 0 Å². The predicted octanol–water partition coefficient (Wildman–Crippen LogP) is 3.28. The SMILES string of the molecule is COc1ccc(N2CCN(C(=O)CO/N=C(\C)c3cnn(-c4ccccc4)c3C)CC2)cc1. The Morgan fingerprint density at radius 1 is 1.00 bits per heavy atom. The molecule has 4 rings (SSSR count). The summed E-state index contributed by atoms with van der Waals surface area (Å²) < 4.78 is 7.08. The van der Waals surface area contributed by atoms with Crippen molar-refractivity contribution in [2.45, 2.75) is 13.8 Å². The molecule has 3 aromatic rings. The lowest BCUT2D eigenvalue weighted by atomic mass is 10.2. The Morgan fingerprint density at radius 2 is 1.70 bits per heavy atom. The number of carbonyl (C=O) groups excluding carboxylic acids is 1. The van der Waals surface area contributed by atoms with Gasteiger partial charge in [-0.3, -0.25) is 4.79 Å². The van der Waals surface area contributed by atoms with Gasteiger partial charge in [-0.05, 0) is 50.2 Å². The number of oxime groups is 1. The van der Waals surface area contributed by atoms with Gasteiger partial charge in [-0.15, -0.1) is 0 Å². The van der Waals surface area contributed by atoms with E-state index >= 15 is 0 Å². The molecule has 1 aliphatic rings. The largest absolute Gasteiger partial charge is 0.497 e. The van der Waals surface area contributed by atoms with Crippen LogP contribution in [-0.4, -0.2) is 66.2 Å². The van der Waals surface area contributed by atoms with Crippen molar-refractivity contribution in [1.82, 2.24) is 14.7 Å². The van der Waals surface area contributed by atoms with E-state index in [1.165, 1.54) is 0 Å². The van der Waals surface area contributed by atoms with Crippen molar-refractivity contribution >= 4 is 17.3 Å².